The van der Waals surface area contributed by atoms with Gasteiger partial charge >= 0.3 is 0 Å². The highest BCUT2D eigenvalue weighted by molar-refractivity contribution is 6.05. The number of tetrazole rings is 1. The zero-order valence-electron chi connectivity index (χ0n) is 15.1. The van der Waals surface area contributed by atoms with E-state index in [1.165, 1.54) is 0 Å². The minimum Gasteiger partial charge on any atom is -0.372 e. The summed E-state index contributed by atoms with van der Waals surface area (Å²) in [5.74, 6) is 0.277. The molecule has 5 rings (SSSR count). The Bertz CT molecular complexity index is 1090. The molecule has 2 aromatic heterocycles. The van der Waals surface area contributed by atoms with Gasteiger partial charge in [-0.15, -0.1) is 0 Å². The van der Waals surface area contributed by atoms with Crippen molar-refractivity contribution in [1.82, 2.24) is 25.2 Å². The number of benzene rings is 1. The van der Waals surface area contributed by atoms with Crippen LogP contribution in [0.15, 0.2) is 54.0 Å². The number of carbonyl (C=O) groups is 1. The van der Waals surface area contributed by atoms with E-state index in [1.807, 2.05) is 19.1 Å². The van der Waals surface area contributed by atoms with Gasteiger partial charge in [0, 0.05) is 23.8 Å². The van der Waals surface area contributed by atoms with Crippen LogP contribution < -0.4 is 10.6 Å². The molecule has 0 saturated carbocycles. The first-order valence-electron chi connectivity index (χ1n) is 8.87. The van der Waals surface area contributed by atoms with E-state index in [9.17, 15) is 4.79 Å². The topological polar surface area (TPSA) is 107 Å². The second kappa shape index (κ2) is 6.54. The van der Waals surface area contributed by atoms with E-state index in [1.54, 1.807) is 29.2 Å². The molecule has 1 unspecified atom stereocenters. The van der Waals surface area contributed by atoms with Crippen molar-refractivity contribution < 1.29 is 9.53 Å². The molecule has 1 atom stereocenters. The molecule has 9 heteroatoms. The number of aromatic nitrogens is 5. The summed E-state index contributed by atoms with van der Waals surface area (Å²) in [7, 11) is 0. The van der Waals surface area contributed by atoms with Crippen molar-refractivity contribution in [3.05, 3.63) is 70.7 Å². The van der Waals surface area contributed by atoms with Crippen molar-refractivity contribution in [2.45, 2.75) is 26.2 Å². The molecule has 28 heavy (non-hydrogen) atoms. The number of anilines is 2. The summed E-state index contributed by atoms with van der Waals surface area (Å²) < 4.78 is 7.16. The molecule has 0 radical (unpaired) electrons. The van der Waals surface area contributed by atoms with E-state index in [0.29, 0.717) is 36.1 Å². The normalized spacial score (nSPS) is 17.7. The predicted molar refractivity (Wildman–Crippen MR) is 100 cm³/mol. The lowest BCUT2D eigenvalue weighted by atomic mass is 9.93. The van der Waals surface area contributed by atoms with Crippen molar-refractivity contribution >= 4 is 17.5 Å². The summed E-state index contributed by atoms with van der Waals surface area (Å²) in [4.78, 5) is 17.2. The minimum atomic E-state index is -0.445. The Labute approximate surface area is 160 Å². The molecule has 0 saturated heterocycles. The number of pyridine rings is 1. The summed E-state index contributed by atoms with van der Waals surface area (Å²) in [5.41, 5.74) is 5.14. The summed E-state index contributed by atoms with van der Waals surface area (Å²) in [5, 5.41) is 18.0. The number of nitrogens with one attached hydrogen (secondary N) is 2. The lowest BCUT2D eigenvalue weighted by Gasteiger charge is -2.28. The molecule has 0 spiro atoms. The quantitative estimate of drug-likeness (QED) is 0.721. The van der Waals surface area contributed by atoms with Gasteiger partial charge in [0.2, 0.25) is 5.95 Å². The Morgan fingerprint density at radius 2 is 2.04 bits per heavy atom. The molecule has 2 aliphatic heterocycles. The summed E-state index contributed by atoms with van der Waals surface area (Å²) >= 11 is 0. The van der Waals surface area contributed by atoms with Crippen LogP contribution in [-0.4, -0.2) is 31.1 Å². The molecular weight excluding hydrogens is 358 g/mol. The van der Waals surface area contributed by atoms with Crippen LogP contribution in [0, 0.1) is 0 Å². The van der Waals surface area contributed by atoms with Gasteiger partial charge < -0.3 is 15.4 Å². The van der Waals surface area contributed by atoms with Gasteiger partial charge in [0.05, 0.1) is 18.8 Å². The van der Waals surface area contributed by atoms with Crippen LogP contribution in [-0.2, 0) is 22.7 Å². The Balaban J connectivity index is 1.58. The zero-order chi connectivity index (χ0) is 19.1. The smallest absolute Gasteiger partial charge is 0.255 e. The van der Waals surface area contributed by atoms with Crippen LogP contribution in [0.4, 0.5) is 11.6 Å². The minimum absolute atomic E-state index is 0.223. The fourth-order valence-corrected chi connectivity index (χ4v) is 3.61. The first-order valence-corrected chi connectivity index (χ1v) is 8.87. The molecule has 9 nitrogen and oxygen atoms in total. The van der Waals surface area contributed by atoms with Crippen molar-refractivity contribution in [1.29, 1.82) is 0 Å². The Hall–Kier alpha value is -3.59. The van der Waals surface area contributed by atoms with Gasteiger partial charge in [0.25, 0.3) is 5.91 Å². The first kappa shape index (κ1) is 16.6. The lowest BCUT2D eigenvalue weighted by Crippen LogP contribution is -2.31. The van der Waals surface area contributed by atoms with Crippen molar-refractivity contribution in [2.24, 2.45) is 0 Å². The molecule has 2 N–H and O–H groups in total. The Morgan fingerprint density at radius 3 is 2.89 bits per heavy atom. The third kappa shape index (κ3) is 2.72. The van der Waals surface area contributed by atoms with Gasteiger partial charge in [-0.2, -0.15) is 4.68 Å². The maximum absolute atomic E-state index is 13.2. The molecule has 140 valence electrons. The summed E-state index contributed by atoms with van der Waals surface area (Å²) in [6, 6.07) is 9.15. The van der Waals surface area contributed by atoms with E-state index in [2.05, 4.69) is 37.2 Å². The highest BCUT2D eigenvalue weighted by atomic mass is 16.5. The van der Waals surface area contributed by atoms with E-state index in [4.69, 9.17) is 4.74 Å². The number of nitrogens with zero attached hydrogens (tertiary/aromatic N) is 5. The standard InChI is InChI=1S/C19H17N7O2/c1-11-16(18(27)22-15-4-6-20-7-5-15)17(26-19(21-11)23-24-25-26)12-2-3-13-9-28-10-14(13)8-12/h2-8,17H,9-10H2,1H3,(H,20,22,27)(H,21,23,25). The molecule has 0 bridgehead atoms. The fourth-order valence-electron chi connectivity index (χ4n) is 3.61. The highest BCUT2D eigenvalue weighted by Crippen LogP contribution is 2.36. The maximum atomic E-state index is 13.2. The number of allylic oxidation sites excluding steroid dienone is 1. The van der Waals surface area contributed by atoms with E-state index in [-0.39, 0.29) is 5.91 Å². The van der Waals surface area contributed by atoms with Gasteiger partial charge in [0.1, 0.15) is 6.04 Å². The lowest BCUT2D eigenvalue weighted by molar-refractivity contribution is -0.113. The number of fused-ring (bicyclic) bond motifs is 2. The van der Waals surface area contributed by atoms with Crippen molar-refractivity contribution in [3.8, 4) is 0 Å². The van der Waals surface area contributed by atoms with Gasteiger partial charge in [-0.1, -0.05) is 23.3 Å². The monoisotopic (exact) mass is 375 g/mol. The van der Waals surface area contributed by atoms with Gasteiger partial charge in [-0.25, -0.2) is 0 Å². The predicted octanol–water partition coefficient (Wildman–Crippen LogP) is 2.03. The van der Waals surface area contributed by atoms with Gasteiger partial charge in [0.15, 0.2) is 0 Å². The number of hydrogen-bond donors (Lipinski definition) is 2. The molecule has 2 aliphatic rings. The van der Waals surface area contributed by atoms with Gasteiger partial charge in [-0.05, 0) is 46.2 Å². The van der Waals surface area contributed by atoms with E-state index < -0.39 is 6.04 Å². The van der Waals surface area contributed by atoms with E-state index in [0.717, 1.165) is 16.7 Å². The van der Waals surface area contributed by atoms with Crippen LogP contribution in [0.3, 0.4) is 0 Å². The van der Waals surface area contributed by atoms with Crippen LogP contribution in [0.2, 0.25) is 0 Å². The van der Waals surface area contributed by atoms with Crippen molar-refractivity contribution in [2.75, 3.05) is 10.6 Å². The van der Waals surface area contributed by atoms with Crippen molar-refractivity contribution in [3.63, 3.8) is 0 Å². The molecular formula is C19H17N7O2. The first-order chi connectivity index (χ1) is 13.7. The van der Waals surface area contributed by atoms with E-state index >= 15 is 0 Å². The Kier molecular flexibility index (Phi) is 3.87. The SMILES string of the molecule is CC1=C(C(=O)Nc2ccncc2)C(c2ccc3c(c2)COC3)n2nnnc2N1. The fraction of sp³-hybridized carbons (Fsp3) is 0.211. The molecule has 3 aromatic rings. The van der Waals surface area contributed by atoms with Crippen LogP contribution in [0.25, 0.3) is 0 Å². The molecule has 4 heterocycles. The third-order valence-corrected chi connectivity index (χ3v) is 4.96. The second-order valence-corrected chi connectivity index (χ2v) is 6.72. The molecule has 1 amide bonds. The third-order valence-electron chi connectivity index (χ3n) is 4.96. The summed E-state index contributed by atoms with van der Waals surface area (Å²) in [6.45, 7) is 3.03. The molecule has 1 aromatic carbocycles. The average Bonchev–Trinajstić information content (AvgIpc) is 3.35. The largest absolute Gasteiger partial charge is 0.372 e. The average molecular weight is 375 g/mol. The highest BCUT2D eigenvalue weighted by Gasteiger charge is 2.34. The summed E-state index contributed by atoms with van der Waals surface area (Å²) in [6.07, 6.45) is 3.26. The number of ether oxygens (including phenoxy) is 1. The number of carbonyl (C=O) groups excluding carboxylic acids is 1. The zero-order valence-corrected chi connectivity index (χ0v) is 15.1. The number of hydrogen-bond acceptors (Lipinski definition) is 7. The van der Waals surface area contributed by atoms with Crippen LogP contribution >= 0.6 is 0 Å². The Morgan fingerprint density at radius 1 is 1.21 bits per heavy atom. The maximum Gasteiger partial charge on any atom is 0.255 e. The van der Waals surface area contributed by atoms with Crippen LogP contribution in [0.1, 0.15) is 29.7 Å². The molecule has 0 fully saturated rings. The molecule has 0 aliphatic carbocycles. The number of amides is 1. The number of rotatable bonds is 3. The van der Waals surface area contributed by atoms with Gasteiger partial charge in [-0.3, -0.25) is 9.78 Å². The van der Waals surface area contributed by atoms with Crippen LogP contribution in [0.5, 0.6) is 0 Å². The second-order valence-electron chi connectivity index (χ2n) is 6.72.